The fraction of sp³-hybridized carbons (Fsp3) is 0.303. The van der Waals surface area contributed by atoms with E-state index >= 15 is 0 Å². The van der Waals surface area contributed by atoms with Gasteiger partial charge < -0.3 is 14.8 Å². The lowest BCUT2D eigenvalue weighted by Gasteiger charge is -2.31. The predicted molar refractivity (Wildman–Crippen MR) is 167 cm³/mol. The molecule has 0 spiro atoms. The van der Waals surface area contributed by atoms with E-state index in [9.17, 15) is 10.1 Å². The molecule has 2 heterocycles. The van der Waals surface area contributed by atoms with Crippen molar-refractivity contribution in [3.05, 3.63) is 82.0 Å². The Morgan fingerprint density at radius 2 is 1.81 bits per heavy atom. The average molecular weight is 604 g/mol. The summed E-state index contributed by atoms with van der Waals surface area (Å²) >= 11 is 12.7. The van der Waals surface area contributed by atoms with Crippen LogP contribution < -0.4 is 10.1 Å². The molecule has 0 unspecified atom stereocenters. The molecule has 1 aliphatic heterocycles. The Morgan fingerprint density at radius 3 is 2.50 bits per heavy atom. The molecular weight excluding hydrogens is 571 g/mol. The summed E-state index contributed by atoms with van der Waals surface area (Å²) in [5.41, 5.74) is 5.70. The number of halogens is 2. The summed E-state index contributed by atoms with van der Waals surface area (Å²) in [7, 11) is 1.54. The summed E-state index contributed by atoms with van der Waals surface area (Å²) in [5, 5.41) is 14.7. The molecule has 0 saturated carbocycles. The van der Waals surface area contributed by atoms with Gasteiger partial charge in [0.05, 0.1) is 46.2 Å². The first kappa shape index (κ1) is 29.7. The minimum absolute atomic E-state index is 0.0833. The van der Waals surface area contributed by atoms with Crippen LogP contribution in [0.5, 0.6) is 5.75 Å². The normalized spacial score (nSPS) is 14.0. The lowest BCUT2D eigenvalue weighted by Crippen LogP contribution is -2.34. The van der Waals surface area contributed by atoms with Gasteiger partial charge in [0.15, 0.2) is 0 Å². The highest BCUT2D eigenvalue weighted by Gasteiger charge is 2.22. The molecule has 4 aromatic rings. The molecular formula is C33H32Cl2N4O3. The average Bonchev–Trinajstić information content (AvgIpc) is 2.99. The smallest absolute Gasteiger partial charge is 0.306 e. The van der Waals surface area contributed by atoms with E-state index in [0.29, 0.717) is 51.7 Å². The third-order valence-corrected chi connectivity index (χ3v) is 8.26. The number of fused-ring (bicyclic) bond motifs is 1. The maximum Gasteiger partial charge on any atom is 0.306 e. The van der Waals surface area contributed by atoms with Crippen molar-refractivity contribution >= 4 is 51.4 Å². The number of carbonyl (C=O) groups excluding carboxylic acids is 1. The summed E-state index contributed by atoms with van der Waals surface area (Å²) < 4.78 is 10.4. The number of hydrogen-bond donors (Lipinski definition) is 1. The fourth-order valence-corrected chi connectivity index (χ4v) is 5.88. The number of aromatic nitrogens is 1. The standard InChI is InChI=1S/C33H32Cl2N4O3/c1-3-42-32(40)14-21-10-12-39(13-11-21)20-22-4-6-23(7-5-22)24-8-9-26-29(15-24)37-19-25(18-36)33(26)38-30-17-31(41-2)28(35)16-27(30)34/h4-9,15-17,19,21H,3,10-14,20H2,1-2H3,(H,37,38). The van der Waals surface area contributed by atoms with Crippen LogP contribution in [0.2, 0.25) is 10.0 Å². The number of likely N-dealkylation sites (tertiary alicyclic amines) is 1. The Hall–Kier alpha value is -3.83. The number of nitrogens with zero attached hydrogens (tertiary/aromatic N) is 3. The first-order valence-corrected chi connectivity index (χ1v) is 14.7. The minimum atomic E-state index is -0.0833. The van der Waals surface area contributed by atoms with Gasteiger partial charge in [-0.3, -0.25) is 14.7 Å². The van der Waals surface area contributed by atoms with E-state index in [4.69, 9.17) is 32.7 Å². The van der Waals surface area contributed by atoms with Crippen molar-refractivity contribution in [2.45, 2.75) is 32.7 Å². The molecule has 0 bridgehead atoms. The molecule has 7 nitrogen and oxygen atoms in total. The number of ether oxygens (including phenoxy) is 2. The summed E-state index contributed by atoms with van der Waals surface area (Å²) in [4.78, 5) is 18.8. The molecule has 1 N–H and O–H groups in total. The summed E-state index contributed by atoms with van der Waals surface area (Å²) in [6.45, 7) is 5.14. The maximum atomic E-state index is 11.8. The van der Waals surface area contributed by atoms with E-state index in [0.717, 1.165) is 54.5 Å². The number of esters is 1. The SMILES string of the molecule is CCOC(=O)CC1CCN(Cc2ccc(-c3ccc4c(Nc5cc(OC)c(Cl)cc5Cl)c(C#N)cnc4c3)cc2)CC1. The van der Waals surface area contributed by atoms with Gasteiger partial charge in [0.25, 0.3) is 0 Å². The van der Waals surface area contributed by atoms with Crippen LogP contribution >= 0.6 is 23.2 Å². The quantitative estimate of drug-likeness (QED) is 0.194. The van der Waals surface area contributed by atoms with E-state index in [2.05, 4.69) is 45.5 Å². The number of piperidine rings is 1. The van der Waals surface area contributed by atoms with Gasteiger partial charge in [0.1, 0.15) is 11.8 Å². The van der Waals surface area contributed by atoms with Crippen molar-refractivity contribution in [3.63, 3.8) is 0 Å². The number of pyridine rings is 1. The van der Waals surface area contributed by atoms with Gasteiger partial charge in [-0.15, -0.1) is 0 Å². The number of rotatable bonds is 9. The van der Waals surface area contributed by atoms with Crippen LogP contribution in [0, 0.1) is 17.2 Å². The van der Waals surface area contributed by atoms with Crippen LogP contribution in [0.4, 0.5) is 11.4 Å². The Morgan fingerprint density at radius 1 is 1.07 bits per heavy atom. The number of nitriles is 1. The second kappa shape index (κ2) is 13.4. The zero-order valence-electron chi connectivity index (χ0n) is 23.6. The van der Waals surface area contributed by atoms with E-state index < -0.39 is 0 Å². The topological polar surface area (TPSA) is 87.5 Å². The summed E-state index contributed by atoms with van der Waals surface area (Å²) in [6, 6.07) is 20.2. The van der Waals surface area contributed by atoms with Gasteiger partial charge in [-0.05, 0) is 67.6 Å². The van der Waals surface area contributed by atoms with Crippen LogP contribution in [-0.4, -0.2) is 42.7 Å². The first-order chi connectivity index (χ1) is 20.4. The van der Waals surface area contributed by atoms with Crippen LogP contribution in [0.25, 0.3) is 22.0 Å². The lowest BCUT2D eigenvalue weighted by molar-refractivity contribution is -0.144. The Labute approximate surface area is 256 Å². The molecule has 1 saturated heterocycles. The second-order valence-electron chi connectivity index (χ2n) is 10.4. The van der Waals surface area contributed by atoms with Crippen molar-refractivity contribution in [2.75, 3.05) is 32.1 Å². The van der Waals surface area contributed by atoms with Gasteiger partial charge >= 0.3 is 5.97 Å². The fourth-order valence-electron chi connectivity index (χ4n) is 5.37. The molecule has 0 amide bonds. The molecule has 9 heteroatoms. The molecule has 3 aromatic carbocycles. The highest BCUT2D eigenvalue weighted by Crippen LogP contribution is 2.38. The van der Waals surface area contributed by atoms with Crippen molar-refractivity contribution in [1.29, 1.82) is 5.26 Å². The molecule has 0 aliphatic carbocycles. The molecule has 0 radical (unpaired) electrons. The zero-order chi connectivity index (χ0) is 29.6. The van der Waals surface area contributed by atoms with E-state index in [-0.39, 0.29) is 5.97 Å². The summed E-state index contributed by atoms with van der Waals surface area (Å²) in [5.74, 6) is 0.805. The van der Waals surface area contributed by atoms with Crippen LogP contribution in [0.15, 0.2) is 60.8 Å². The van der Waals surface area contributed by atoms with Crippen molar-refractivity contribution in [2.24, 2.45) is 5.92 Å². The molecule has 1 fully saturated rings. The van der Waals surface area contributed by atoms with Crippen molar-refractivity contribution in [1.82, 2.24) is 9.88 Å². The Balaban J connectivity index is 1.30. The van der Waals surface area contributed by atoms with Crippen molar-refractivity contribution < 1.29 is 14.3 Å². The van der Waals surface area contributed by atoms with Gasteiger partial charge in [-0.1, -0.05) is 59.6 Å². The third-order valence-electron chi connectivity index (χ3n) is 7.65. The van der Waals surface area contributed by atoms with Crippen LogP contribution in [0.3, 0.4) is 0 Å². The first-order valence-electron chi connectivity index (χ1n) is 14.0. The predicted octanol–water partition coefficient (Wildman–Crippen LogP) is 8.00. The zero-order valence-corrected chi connectivity index (χ0v) is 25.1. The van der Waals surface area contributed by atoms with Gasteiger partial charge in [0.2, 0.25) is 0 Å². The van der Waals surface area contributed by atoms with Crippen LogP contribution in [0.1, 0.15) is 37.3 Å². The van der Waals surface area contributed by atoms with Crippen molar-refractivity contribution in [3.8, 4) is 22.9 Å². The number of carbonyl (C=O) groups is 1. The van der Waals surface area contributed by atoms with Crippen LogP contribution in [-0.2, 0) is 16.1 Å². The van der Waals surface area contributed by atoms with Gasteiger partial charge in [-0.25, -0.2) is 0 Å². The van der Waals surface area contributed by atoms with Gasteiger partial charge in [-0.2, -0.15) is 5.26 Å². The Bertz CT molecular complexity index is 1630. The monoisotopic (exact) mass is 602 g/mol. The number of nitrogens with one attached hydrogen (secondary N) is 1. The lowest BCUT2D eigenvalue weighted by atomic mass is 9.93. The third kappa shape index (κ3) is 6.79. The van der Waals surface area contributed by atoms with E-state index in [1.165, 1.54) is 12.7 Å². The minimum Gasteiger partial charge on any atom is -0.495 e. The molecule has 42 heavy (non-hydrogen) atoms. The second-order valence-corrected chi connectivity index (χ2v) is 11.2. The summed E-state index contributed by atoms with van der Waals surface area (Å²) in [6.07, 6.45) is 4.12. The van der Waals surface area contributed by atoms with E-state index in [1.54, 1.807) is 18.3 Å². The molecule has 1 aromatic heterocycles. The maximum absolute atomic E-state index is 11.8. The molecule has 1 aliphatic rings. The Kier molecular flexibility index (Phi) is 9.48. The van der Waals surface area contributed by atoms with Gasteiger partial charge in [0, 0.05) is 30.6 Å². The number of anilines is 2. The molecule has 5 rings (SSSR count). The highest BCUT2D eigenvalue weighted by molar-refractivity contribution is 6.37. The number of hydrogen-bond acceptors (Lipinski definition) is 7. The largest absolute Gasteiger partial charge is 0.495 e. The molecule has 216 valence electrons. The number of benzene rings is 3. The number of methoxy groups -OCH3 is 1. The highest BCUT2D eigenvalue weighted by atomic mass is 35.5. The van der Waals surface area contributed by atoms with E-state index in [1.807, 2.05) is 25.1 Å². The molecule has 0 atom stereocenters.